The lowest BCUT2D eigenvalue weighted by Gasteiger charge is -2.29. The van der Waals surface area contributed by atoms with Gasteiger partial charge in [-0.15, -0.1) is 0 Å². The number of halogens is 1. The summed E-state index contributed by atoms with van der Waals surface area (Å²) < 4.78 is 0. The Bertz CT molecular complexity index is 752. The molecule has 0 saturated heterocycles. The quantitative estimate of drug-likeness (QED) is 0.289. The SMILES string of the molecule is CCCCCc1ccc(CCc2cccc(C3CCC(CCCCC)CC3)c2Cl)cc1. The van der Waals surface area contributed by atoms with Gasteiger partial charge in [0.05, 0.1) is 0 Å². The number of benzene rings is 2. The van der Waals surface area contributed by atoms with Gasteiger partial charge in [0.25, 0.3) is 0 Å². The van der Waals surface area contributed by atoms with Crippen molar-refractivity contribution < 1.29 is 0 Å². The van der Waals surface area contributed by atoms with E-state index in [4.69, 9.17) is 11.6 Å². The Labute approximate surface area is 196 Å². The Balaban J connectivity index is 1.52. The molecule has 2 aromatic carbocycles. The van der Waals surface area contributed by atoms with Gasteiger partial charge >= 0.3 is 0 Å². The third-order valence-corrected chi connectivity index (χ3v) is 7.85. The molecule has 1 fully saturated rings. The standard InChI is InChI=1S/C30H43Cl/c1-3-5-7-10-24-14-16-26(17-15-24)20-23-28-12-9-13-29(30(28)31)27-21-18-25(19-22-27)11-8-6-4-2/h9,12-17,25,27H,3-8,10-11,18-23H2,1-2H3. The number of rotatable bonds is 12. The second-order valence-electron chi connectivity index (χ2n) is 9.81. The fourth-order valence-electron chi connectivity index (χ4n) is 5.28. The van der Waals surface area contributed by atoms with Gasteiger partial charge in [-0.05, 0) is 85.5 Å². The summed E-state index contributed by atoms with van der Waals surface area (Å²) in [6, 6.07) is 16.0. The molecular formula is C30H43Cl. The minimum Gasteiger partial charge on any atom is -0.0837 e. The van der Waals surface area contributed by atoms with Crippen molar-refractivity contribution in [2.24, 2.45) is 5.92 Å². The predicted octanol–water partition coefficient (Wildman–Crippen LogP) is 9.71. The highest BCUT2D eigenvalue weighted by Crippen LogP contribution is 2.41. The van der Waals surface area contributed by atoms with Gasteiger partial charge in [0, 0.05) is 5.02 Å². The maximum absolute atomic E-state index is 6.94. The lowest BCUT2D eigenvalue weighted by atomic mass is 9.76. The highest BCUT2D eigenvalue weighted by Gasteiger charge is 2.24. The number of unbranched alkanes of at least 4 members (excludes halogenated alkanes) is 4. The van der Waals surface area contributed by atoms with Crippen LogP contribution in [0.1, 0.15) is 113 Å². The second kappa shape index (κ2) is 13.3. The molecule has 2 aromatic rings. The molecular weight excluding hydrogens is 396 g/mol. The van der Waals surface area contributed by atoms with Gasteiger partial charge in [-0.2, -0.15) is 0 Å². The molecule has 170 valence electrons. The molecule has 1 aliphatic carbocycles. The molecule has 0 aromatic heterocycles. The summed E-state index contributed by atoms with van der Waals surface area (Å²) in [6.45, 7) is 4.57. The van der Waals surface area contributed by atoms with Crippen molar-refractivity contribution in [1.82, 2.24) is 0 Å². The zero-order chi connectivity index (χ0) is 21.9. The monoisotopic (exact) mass is 438 g/mol. The molecule has 0 radical (unpaired) electrons. The van der Waals surface area contributed by atoms with Crippen LogP contribution in [0.3, 0.4) is 0 Å². The van der Waals surface area contributed by atoms with E-state index in [1.807, 2.05) is 0 Å². The van der Waals surface area contributed by atoms with Gasteiger partial charge in [-0.3, -0.25) is 0 Å². The van der Waals surface area contributed by atoms with Crippen molar-refractivity contribution in [2.75, 3.05) is 0 Å². The lowest BCUT2D eigenvalue weighted by Crippen LogP contribution is -2.14. The maximum atomic E-state index is 6.94. The molecule has 0 aliphatic heterocycles. The topological polar surface area (TPSA) is 0 Å². The summed E-state index contributed by atoms with van der Waals surface area (Å²) in [5.74, 6) is 1.62. The van der Waals surface area contributed by atoms with E-state index in [1.165, 1.54) is 99.3 Å². The molecule has 0 unspecified atom stereocenters. The van der Waals surface area contributed by atoms with Crippen LogP contribution >= 0.6 is 11.6 Å². The Kier molecular flexibility index (Phi) is 10.5. The van der Waals surface area contributed by atoms with Crippen molar-refractivity contribution in [3.63, 3.8) is 0 Å². The first kappa shape index (κ1) is 24.4. The van der Waals surface area contributed by atoms with Crippen LogP contribution in [-0.4, -0.2) is 0 Å². The van der Waals surface area contributed by atoms with Crippen LogP contribution < -0.4 is 0 Å². The lowest BCUT2D eigenvalue weighted by molar-refractivity contribution is 0.303. The van der Waals surface area contributed by atoms with Crippen LogP contribution in [0.5, 0.6) is 0 Å². The van der Waals surface area contributed by atoms with Crippen molar-refractivity contribution in [1.29, 1.82) is 0 Å². The van der Waals surface area contributed by atoms with E-state index in [1.54, 1.807) is 0 Å². The molecule has 0 nitrogen and oxygen atoms in total. The molecule has 1 heteroatoms. The highest BCUT2D eigenvalue weighted by molar-refractivity contribution is 6.32. The normalized spacial score (nSPS) is 18.9. The minimum atomic E-state index is 0.664. The van der Waals surface area contributed by atoms with E-state index in [0.29, 0.717) is 5.92 Å². The summed E-state index contributed by atoms with van der Waals surface area (Å²) >= 11 is 6.94. The van der Waals surface area contributed by atoms with Gasteiger partial charge in [-0.1, -0.05) is 106 Å². The first-order valence-corrected chi connectivity index (χ1v) is 13.4. The zero-order valence-electron chi connectivity index (χ0n) is 20.0. The summed E-state index contributed by atoms with van der Waals surface area (Å²) in [7, 11) is 0. The van der Waals surface area contributed by atoms with Gasteiger partial charge in [0.15, 0.2) is 0 Å². The molecule has 0 heterocycles. The van der Waals surface area contributed by atoms with Crippen molar-refractivity contribution >= 4 is 11.6 Å². The Hall–Kier alpha value is -1.27. The van der Waals surface area contributed by atoms with E-state index in [9.17, 15) is 0 Å². The van der Waals surface area contributed by atoms with Crippen LogP contribution in [0, 0.1) is 5.92 Å². The summed E-state index contributed by atoms with van der Waals surface area (Å²) in [5, 5.41) is 1.05. The summed E-state index contributed by atoms with van der Waals surface area (Å²) in [4.78, 5) is 0. The van der Waals surface area contributed by atoms with Crippen LogP contribution in [0.15, 0.2) is 42.5 Å². The molecule has 31 heavy (non-hydrogen) atoms. The van der Waals surface area contributed by atoms with E-state index >= 15 is 0 Å². The van der Waals surface area contributed by atoms with E-state index in [-0.39, 0.29) is 0 Å². The largest absolute Gasteiger partial charge is 0.0837 e. The molecule has 1 saturated carbocycles. The fraction of sp³-hybridized carbons (Fsp3) is 0.600. The molecule has 0 N–H and O–H groups in total. The fourth-order valence-corrected chi connectivity index (χ4v) is 5.66. The van der Waals surface area contributed by atoms with E-state index in [0.717, 1.165) is 23.8 Å². The van der Waals surface area contributed by atoms with Crippen LogP contribution in [-0.2, 0) is 19.3 Å². The maximum Gasteiger partial charge on any atom is 0.0472 e. The van der Waals surface area contributed by atoms with Gasteiger partial charge in [-0.25, -0.2) is 0 Å². The molecule has 0 spiro atoms. The molecule has 0 atom stereocenters. The average molecular weight is 439 g/mol. The molecule has 3 rings (SSSR count). The van der Waals surface area contributed by atoms with Crippen LogP contribution in [0.25, 0.3) is 0 Å². The third-order valence-electron chi connectivity index (χ3n) is 7.39. The molecule has 0 amide bonds. The summed E-state index contributed by atoms with van der Waals surface area (Å²) in [5.41, 5.74) is 5.64. The number of hydrogen-bond acceptors (Lipinski definition) is 0. The first-order chi connectivity index (χ1) is 15.2. The second-order valence-corrected chi connectivity index (χ2v) is 10.2. The van der Waals surface area contributed by atoms with Crippen molar-refractivity contribution in [2.45, 2.75) is 110 Å². The first-order valence-electron chi connectivity index (χ1n) is 13.1. The zero-order valence-corrected chi connectivity index (χ0v) is 20.7. The Morgan fingerprint density at radius 3 is 2.03 bits per heavy atom. The van der Waals surface area contributed by atoms with Crippen LogP contribution in [0.2, 0.25) is 5.02 Å². The van der Waals surface area contributed by atoms with Gasteiger partial charge in [0.1, 0.15) is 0 Å². The Morgan fingerprint density at radius 2 is 1.35 bits per heavy atom. The van der Waals surface area contributed by atoms with Crippen molar-refractivity contribution in [3.8, 4) is 0 Å². The predicted molar refractivity (Wildman–Crippen MR) is 137 cm³/mol. The van der Waals surface area contributed by atoms with Gasteiger partial charge in [0.2, 0.25) is 0 Å². The Morgan fingerprint density at radius 1 is 0.710 bits per heavy atom. The van der Waals surface area contributed by atoms with Crippen molar-refractivity contribution in [3.05, 3.63) is 69.7 Å². The van der Waals surface area contributed by atoms with Gasteiger partial charge < -0.3 is 0 Å². The molecule has 1 aliphatic rings. The van der Waals surface area contributed by atoms with E-state index in [2.05, 4.69) is 56.3 Å². The smallest absolute Gasteiger partial charge is 0.0472 e. The highest BCUT2D eigenvalue weighted by atomic mass is 35.5. The number of hydrogen-bond donors (Lipinski definition) is 0. The third kappa shape index (κ3) is 7.67. The number of aryl methyl sites for hydroxylation is 3. The average Bonchev–Trinajstić information content (AvgIpc) is 2.80. The molecule has 0 bridgehead atoms. The summed E-state index contributed by atoms with van der Waals surface area (Å²) in [6.07, 6.45) is 18.2. The van der Waals surface area contributed by atoms with Crippen LogP contribution in [0.4, 0.5) is 0 Å². The van der Waals surface area contributed by atoms with E-state index < -0.39 is 0 Å². The minimum absolute atomic E-state index is 0.664.